The summed E-state index contributed by atoms with van der Waals surface area (Å²) in [6.07, 6.45) is -3.77. The van der Waals surface area contributed by atoms with E-state index in [2.05, 4.69) is 0 Å². The summed E-state index contributed by atoms with van der Waals surface area (Å²) < 4.78 is 35.6. The first kappa shape index (κ1) is 16.2. The molecule has 0 aromatic heterocycles. The van der Waals surface area contributed by atoms with Gasteiger partial charge in [0.15, 0.2) is 6.10 Å². The van der Waals surface area contributed by atoms with E-state index in [0.29, 0.717) is 13.0 Å². The third kappa shape index (κ3) is 8.93. The standard InChI is InChI=1S/C10H19F3N2O2/c11-10(12,13)8(16)7-15-9(17)5-3-1-2-4-6-14/h8,16H,1-7,14H2,(H,15,17). The van der Waals surface area contributed by atoms with Gasteiger partial charge in [0.1, 0.15) is 0 Å². The van der Waals surface area contributed by atoms with Crippen LogP contribution < -0.4 is 11.1 Å². The first-order valence-electron chi connectivity index (χ1n) is 5.59. The third-order valence-electron chi connectivity index (χ3n) is 2.23. The number of hydrogen-bond acceptors (Lipinski definition) is 3. The number of rotatable bonds is 8. The van der Waals surface area contributed by atoms with E-state index in [0.717, 1.165) is 19.3 Å². The number of aliphatic hydroxyl groups excluding tert-OH is 1. The van der Waals surface area contributed by atoms with Gasteiger partial charge in [0.05, 0.1) is 6.54 Å². The maximum atomic E-state index is 11.9. The molecule has 0 rings (SSSR count). The molecule has 1 atom stereocenters. The molecular formula is C10H19F3N2O2. The van der Waals surface area contributed by atoms with Gasteiger partial charge >= 0.3 is 6.18 Å². The van der Waals surface area contributed by atoms with Gasteiger partial charge in [-0.3, -0.25) is 4.79 Å². The topological polar surface area (TPSA) is 75.4 Å². The van der Waals surface area contributed by atoms with Gasteiger partial charge in [-0.2, -0.15) is 13.2 Å². The van der Waals surface area contributed by atoms with Crippen LogP contribution in [0, 0.1) is 0 Å². The van der Waals surface area contributed by atoms with E-state index in [1.807, 2.05) is 5.32 Å². The number of nitrogens with one attached hydrogen (secondary N) is 1. The zero-order valence-electron chi connectivity index (χ0n) is 9.59. The van der Waals surface area contributed by atoms with Crippen LogP contribution in [-0.2, 0) is 4.79 Å². The lowest BCUT2D eigenvalue weighted by molar-refractivity contribution is -0.201. The van der Waals surface area contributed by atoms with Crippen LogP contribution in [0.3, 0.4) is 0 Å². The van der Waals surface area contributed by atoms with Crippen molar-refractivity contribution in [1.29, 1.82) is 0 Å². The van der Waals surface area contributed by atoms with Crippen LogP contribution in [0.4, 0.5) is 13.2 Å². The van der Waals surface area contributed by atoms with Gasteiger partial charge in [-0.25, -0.2) is 0 Å². The number of aliphatic hydroxyl groups is 1. The van der Waals surface area contributed by atoms with E-state index in [1.54, 1.807) is 0 Å². The molecule has 0 aliphatic rings. The molecule has 0 aliphatic heterocycles. The molecule has 0 radical (unpaired) electrons. The summed E-state index contributed by atoms with van der Waals surface area (Å²) in [6, 6.07) is 0. The summed E-state index contributed by atoms with van der Waals surface area (Å²) in [5, 5.41) is 10.7. The Hall–Kier alpha value is -0.820. The number of carbonyl (C=O) groups excluding carboxylic acids is 1. The molecule has 0 heterocycles. The van der Waals surface area contributed by atoms with Gasteiger partial charge in [0.2, 0.25) is 5.91 Å². The van der Waals surface area contributed by atoms with E-state index in [9.17, 15) is 18.0 Å². The molecule has 4 nitrogen and oxygen atoms in total. The molecule has 17 heavy (non-hydrogen) atoms. The molecule has 4 N–H and O–H groups in total. The second-order valence-electron chi connectivity index (χ2n) is 3.81. The molecule has 7 heteroatoms. The van der Waals surface area contributed by atoms with Gasteiger partial charge in [0.25, 0.3) is 0 Å². The van der Waals surface area contributed by atoms with Crippen molar-refractivity contribution < 1.29 is 23.1 Å². The third-order valence-corrected chi connectivity index (χ3v) is 2.23. The van der Waals surface area contributed by atoms with E-state index in [-0.39, 0.29) is 6.42 Å². The Labute approximate surface area is 98.4 Å². The number of halogens is 3. The zero-order valence-corrected chi connectivity index (χ0v) is 9.59. The fraction of sp³-hybridized carbons (Fsp3) is 0.900. The smallest absolute Gasteiger partial charge is 0.382 e. The quantitative estimate of drug-likeness (QED) is 0.566. The Bertz CT molecular complexity index is 222. The summed E-state index contributed by atoms with van der Waals surface area (Å²) >= 11 is 0. The lowest BCUT2D eigenvalue weighted by Crippen LogP contribution is -2.40. The van der Waals surface area contributed by atoms with Crippen molar-refractivity contribution in [2.75, 3.05) is 13.1 Å². The normalized spacial score (nSPS) is 13.5. The minimum absolute atomic E-state index is 0.176. The highest BCUT2D eigenvalue weighted by Crippen LogP contribution is 2.19. The van der Waals surface area contributed by atoms with Crippen LogP contribution in [0.25, 0.3) is 0 Å². The van der Waals surface area contributed by atoms with Gasteiger partial charge < -0.3 is 16.2 Å². The molecule has 102 valence electrons. The number of amides is 1. The van der Waals surface area contributed by atoms with Crippen molar-refractivity contribution in [3.8, 4) is 0 Å². The van der Waals surface area contributed by atoms with E-state index < -0.39 is 24.7 Å². The minimum Gasteiger partial charge on any atom is -0.382 e. The predicted molar refractivity (Wildman–Crippen MR) is 57.2 cm³/mol. The number of nitrogens with two attached hydrogens (primary N) is 1. The van der Waals surface area contributed by atoms with Crippen molar-refractivity contribution in [3.05, 3.63) is 0 Å². The maximum absolute atomic E-state index is 11.9. The minimum atomic E-state index is -4.69. The predicted octanol–water partition coefficient (Wildman–Crippen LogP) is 0.935. The fourth-order valence-corrected chi connectivity index (χ4v) is 1.20. The lowest BCUT2D eigenvalue weighted by Gasteiger charge is -2.14. The van der Waals surface area contributed by atoms with Gasteiger partial charge in [0, 0.05) is 6.42 Å². The summed E-state index contributed by atoms with van der Waals surface area (Å²) in [4.78, 5) is 11.1. The molecule has 0 bridgehead atoms. The van der Waals surface area contributed by atoms with Crippen molar-refractivity contribution in [1.82, 2.24) is 5.32 Å². The van der Waals surface area contributed by atoms with Crippen LogP contribution in [-0.4, -0.2) is 36.4 Å². The molecule has 0 aromatic carbocycles. The van der Waals surface area contributed by atoms with Crippen molar-refractivity contribution >= 4 is 5.91 Å². The number of hydrogen-bond donors (Lipinski definition) is 3. The highest BCUT2D eigenvalue weighted by Gasteiger charge is 2.38. The van der Waals surface area contributed by atoms with Crippen molar-refractivity contribution in [2.45, 2.75) is 44.4 Å². The highest BCUT2D eigenvalue weighted by molar-refractivity contribution is 5.75. The van der Waals surface area contributed by atoms with Crippen LogP contribution in [0.5, 0.6) is 0 Å². The molecular weight excluding hydrogens is 237 g/mol. The second-order valence-corrected chi connectivity index (χ2v) is 3.81. The number of alkyl halides is 3. The Kier molecular flexibility index (Phi) is 7.90. The Morgan fingerprint density at radius 2 is 1.82 bits per heavy atom. The van der Waals surface area contributed by atoms with E-state index in [1.165, 1.54) is 0 Å². The molecule has 0 fully saturated rings. The molecule has 1 amide bonds. The van der Waals surface area contributed by atoms with Gasteiger partial charge in [-0.1, -0.05) is 12.8 Å². The maximum Gasteiger partial charge on any atom is 0.416 e. The largest absolute Gasteiger partial charge is 0.416 e. The Morgan fingerprint density at radius 1 is 1.24 bits per heavy atom. The summed E-state index contributed by atoms with van der Waals surface area (Å²) in [5.74, 6) is -0.471. The summed E-state index contributed by atoms with van der Waals surface area (Å²) in [7, 11) is 0. The number of carbonyl (C=O) groups is 1. The summed E-state index contributed by atoms with van der Waals surface area (Å²) in [5.41, 5.74) is 5.28. The number of unbranched alkanes of at least 4 members (excludes halogenated alkanes) is 3. The Balaban J connectivity index is 3.53. The van der Waals surface area contributed by atoms with Crippen molar-refractivity contribution in [3.63, 3.8) is 0 Å². The monoisotopic (exact) mass is 256 g/mol. The highest BCUT2D eigenvalue weighted by atomic mass is 19.4. The molecule has 0 aliphatic carbocycles. The molecule has 0 saturated carbocycles. The Morgan fingerprint density at radius 3 is 2.35 bits per heavy atom. The first-order chi connectivity index (χ1) is 7.88. The average molecular weight is 256 g/mol. The van der Waals surface area contributed by atoms with Crippen LogP contribution in [0.15, 0.2) is 0 Å². The average Bonchev–Trinajstić information content (AvgIpc) is 2.24. The first-order valence-corrected chi connectivity index (χ1v) is 5.59. The van der Waals surface area contributed by atoms with Gasteiger partial charge in [-0.05, 0) is 19.4 Å². The van der Waals surface area contributed by atoms with E-state index in [4.69, 9.17) is 10.8 Å². The molecule has 1 unspecified atom stereocenters. The van der Waals surface area contributed by atoms with Crippen molar-refractivity contribution in [2.24, 2.45) is 5.73 Å². The molecule has 0 saturated heterocycles. The van der Waals surface area contributed by atoms with Crippen LogP contribution >= 0.6 is 0 Å². The molecule has 0 spiro atoms. The van der Waals surface area contributed by atoms with Crippen LogP contribution in [0.2, 0.25) is 0 Å². The van der Waals surface area contributed by atoms with Gasteiger partial charge in [-0.15, -0.1) is 0 Å². The molecule has 0 aromatic rings. The van der Waals surface area contributed by atoms with Crippen LogP contribution in [0.1, 0.15) is 32.1 Å². The summed E-state index contributed by atoms with van der Waals surface area (Å²) in [6.45, 7) is -0.185. The fourth-order valence-electron chi connectivity index (χ4n) is 1.20. The lowest BCUT2D eigenvalue weighted by atomic mass is 10.1. The van der Waals surface area contributed by atoms with E-state index >= 15 is 0 Å². The second kappa shape index (κ2) is 8.30. The zero-order chi connectivity index (χ0) is 13.3. The SMILES string of the molecule is NCCCCCCC(=O)NCC(O)C(F)(F)F.